The number of nitrogens with zero attached hydrogens (tertiary/aromatic N) is 2. The van der Waals surface area contributed by atoms with E-state index in [0.29, 0.717) is 22.8 Å². The Morgan fingerprint density at radius 2 is 1.96 bits per heavy atom. The van der Waals surface area contributed by atoms with Crippen molar-refractivity contribution >= 4 is 38.4 Å². The molecule has 1 amide bonds. The van der Waals surface area contributed by atoms with Gasteiger partial charge < -0.3 is 0 Å². The number of hydrogen-bond acceptors (Lipinski definition) is 5. The fourth-order valence-corrected chi connectivity index (χ4v) is 4.74. The summed E-state index contributed by atoms with van der Waals surface area (Å²) in [4.78, 5) is 19.4. The Kier molecular flexibility index (Phi) is 5.72. The average Bonchev–Trinajstić information content (AvgIpc) is 2.93. The lowest BCUT2D eigenvalue weighted by Gasteiger charge is -2.16. The van der Waals surface area contributed by atoms with E-state index in [4.69, 9.17) is 0 Å². The van der Waals surface area contributed by atoms with Crippen LogP contribution >= 0.6 is 11.8 Å². The Hall–Kier alpha value is -2.12. The van der Waals surface area contributed by atoms with Gasteiger partial charge in [0.15, 0.2) is 15.0 Å². The molecule has 0 saturated carbocycles. The third-order valence-corrected chi connectivity index (χ3v) is 5.98. The van der Waals surface area contributed by atoms with Gasteiger partial charge in [0.25, 0.3) is 5.91 Å². The Balaban J connectivity index is 1.89. The minimum atomic E-state index is -3.16. The number of sulfone groups is 1. The monoisotopic (exact) mass is 402 g/mol. The lowest BCUT2D eigenvalue weighted by molar-refractivity contribution is 0.0855. The van der Waals surface area contributed by atoms with Crippen molar-refractivity contribution in [1.29, 1.82) is 0 Å². The van der Waals surface area contributed by atoms with Crippen molar-refractivity contribution in [1.82, 2.24) is 4.90 Å². The summed E-state index contributed by atoms with van der Waals surface area (Å²) in [6.07, 6.45) is 1.19. The largest absolute Gasteiger partial charge is 0.286 e. The number of carbonyl (C=O) groups is 1. The standard InChI is InChI=1S/C20H22N2O3S2/c1-14-6-4-9-18(10-14)21-20-22(12-15(2)26-20)19(23)17-8-5-7-16(11-17)13-27(3,24)25/h4-11,15H,12-13H2,1-3H3/t15-/m1/s1. The van der Waals surface area contributed by atoms with Crippen LogP contribution in [0.4, 0.5) is 5.69 Å². The van der Waals surface area contributed by atoms with Gasteiger partial charge in [0.2, 0.25) is 0 Å². The zero-order valence-electron chi connectivity index (χ0n) is 15.5. The first-order valence-electron chi connectivity index (χ1n) is 8.62. The molecule has 0 radical (unpaired) electrons. The van der Waals surface area contributed by atoms with Gasteiger partial charge in [-0.2, -0.15) is 0 Å². The predicted octanol–water partition coefficient (Wildman–Crippen LogP) is 3.80. The number of rotatable bonds is 4. The van der Waals surface area contributed by atoms with Crippen molar-refractivity contribution < 1.29 is 13.2 Å². The molecular weight excluding hydrogens is 380 g/mol. The van der Waals surface area contributed by atoms with E-state index in [2.05, 4.69) is 11.9 Å². The number of thioether (sulfide) groups is 1. The number of benzene rings is 2. The molecule has 1 heterocycles. The molecule has 1 saturated heterocycles. The van der Waals surface area contributed by atoms with Gasteiger partial charge in [-0.25, -0.2) is 13.4 Å². The van der Waals surface area contributed by atoms with Gasteiger partial charge in [-0.3, -0.25) is 9.69 Å². The average molecular weight is 403 g/mol. The Morgan fingerprint density at radius 1 is 1.22 bits per heavy atom. The maximum absolute atomic E-state index is 13.1. The highest BCUT2D eigenvalue weighted by Crippen LogP contribution is 2.29. The first-order chi connectivity index (χ1) is 12.7. The molecule has 142 valence electrons. The smallest absolute Gasteiger partial charge is 0.259 e. The van der Waals surface area contributed by atoms with Crippen molar-refractivity contribution in [2.24, 2.45) is 4.99 Å². The van der Waals surface area contributed by atoms with Gasteiger partial charge in [0.1, 0.15) is 0 Å². The topological polar surface area (TPSA) is 66.8 Å². The molecule has 7 heteroatoms. The number of aryl methyl sites for hydroxylation is 1. The number of amides is 1. The summed E-state index contributed by atoms with van der Waals surface area (Å²) in [5.41, 5.74) is 3.01. The number of carbonyl (C=O) groups excluding carboxylic acids is 1. The maximum atomic E-state index is 13.1. The molecule has 2 aromatic carbocycles. The van der Waals surface area contributed by atoms with Crippen LogP contribution in [0, 0.1) is 6.92 Å². The van der Waals surface area contributed by atoms with E-state index in [0.717, 1.165) is 11.3 Å². The molecule has 27 heavy (non-hydrogen) atoms. The molecule has 1 aliphatic heterocycles. The van der Waals surface area contributed by atoms with Gasteiger partial charge in [0, 0.05) is 23.6 Å². The third-order valence-electron chi connectivity index (χ3n) is 4.05. The lowest BCUT2D eigenvalue weighted by Crippen LogP contribution is -2.32. The van der Waals surface area contributed by atoms with Crippen LogP contribution < -0.4 is 0 Å². The highest BCUT2D eigenvalue weighted by atomic mass is 32.2. The molecule has 5 nitrogen and oxygen atoms in total. The fourth-order valence-electron chi connectivity index (χ4n) is 2.93. The molecule has 1 atom stereocenters. The van der Waals surface area contributed by atoms with E-state index in [1.54, 1.807) is 40.9 Å². The van der Waals surface area contributed by atoms with Crippen LogP contribution in [0.1, 0.15) is 28.4 Å². The van der Waals surface area contributed by atoms with E-state index >= 15 is 0 Å². The van der Waals surface area contributed by atoms with Crippen LogP contribution in [0.5, 0.6) is 0 Å². The molecule has 2 aromatic rings. The van der Waals surface area contributed by atoms with Crippen LogP contribution in [0.25, 0.3) is 0 Å². The normalized spacial score (nSPS) is 18.9. The van der Waals surface area contributed by atoms with Crippen LogP contribution in [-0.4, -0.2) is 42.4 Å². The Morgan fingerprint density at radius 3 is 2.67 bits per heavy atom. The summed E-state index contributed by atoms with van der Waals surface area (Å²) in [6.45, 7) is 4.64. The molecular formula is C20H22N2O3S2. The zero-order valence-corrected chi connectivity index (χ0v) is 17.2. The first kappa shape index (κ1) is 19.6. The lowest BCUT2D eigenvalue weighted by atomic mass is 10.1. The quantitative estimate of drug-likeness (QED) is 0.780. The predicted molar refractivity (Wildman–Crippen MR) is 111 cm³/mol. The van der Waals surface area contributed by atoms with Crippen molar-refractivity contribution in [2.45, 2.75) is 24.9 Å². The minimum absolute atomic E-state index is 0.0798. The molecule has 0 N–H and O–H groups in total. The van der Waals surface area contributed by atoms with E-state index in [-0.39, 0.29) is 16.9 Å². The summed E-state index contributed by atoms with van der Waals surface area (Å²) >= 11 is 1.57. The summed E-state index contributed by atoms with van der Waals surface area (Å²) in [6, 6.07) is 14.7. The Bertz CT molecular complexity index is 1000. The molecule has 0 aliphatic carbocycles. The van der Waals surface area contributed by atoms with Crippen molar-refractivity contribution in [3.8, 4) is 0 Å². The zero-order chi connectivity index (χ0) is 19.6. The van der Waals surface area contributed by atoms with Gasteiger partial charge in [-0.15, -0.1) is 0 Å². The van der Waals surface area contributed by atoms with Crippen LogP contribution in [0.2, 0.25) is 0 Å². The third kappa shape index (κ3) is 5.20. The van der Waals surface area contributed by atoms with E-state index < -0.39 is 9.84 Å². The van der Waals surface area contributed by atoms with E-state index in [1.165, 1.54) is 6.26 Å². The summed E-state index contributed by atoms with van der Waals surface area (Å²) in [5, 5.41) is 0.920. The van der Waals surface area contributed by atoms with E-state index in [9.17, 15) is 13.2 Å². The van der Waals surface area contributed by atoms with Crippen molar-refractivity contribution in [2.75, 3.05) is 12.8 Å². The molecule has 1 fully saturated rings. The first-order valence-corrected chi connectivity index (χ1v) is 11.6. The number of hydrogen-bond donors (Lipinski definition) is 0. The fraction of sp³-hybridized carbons (Fsp3) is 0.300. The van der Waals surface area contributed by atoms with Crippen LogP contribution in [-0.2, 0) is 15.6 Å². The molecule has 0 unspecified atom stereocenters. The second kappa shape index (κ2) is 7.86. The van der Waals surface area contributed by atoms with Gasteiger partial charge in [-0.1, -0.05) is 43.0 Å². The second-order valence-corrected chi connectivity index (χ2v) is 10.4. The molecule has 0 aromatic heterocycles. The summed E-state index contributed by atoms with van der Waals surface area (Å²) in [5.74, 6) is -0.239. The molecule has 0 spiro atoms. The highest BCUT2D eigenvalue weighted by Gasteiger charge is 2.31. The molecule has 0 bridgehead atoms. The number of amidine groups is 1. The Labute approximate surface area is 164 Å². The number of aliphatic imine (C=N–C) groups is 1. The second-order valence-electron chi connectivity index (χ2n) is 6.85. The van der Waals surface area contributed by atoms with Crippen LogP contribution in [0.3, 0.4) is 0 Å². The van der Waals surface area contributed by atoms with Gasteiger partial charge in [-0.05, 0) is 42.3 Å². The minimum Gasteiger partial charge on any atom is -0.286 e. The van der Waals surface area contributed by atoms with Gasteiger partial charge in [0.05, 0.1) is 11.4 Å². The molecule has 1 aliphatic rings. The highest BCUT2D eigenvalue weighted by molar-refractivity contribution is 8.14. The summed E-state index contributed by atoms with van der Waals surface area (Å²) < 4.78 is 23.1. The van der Waals surface area contributed by atoms with Crippen LogP contribution in [0.15, 0.2) is 53.5 Å². The molecule has 3 rings (SSSR count). The van der Waals surface area contributed by atoms with Gasteiger partial charge >= 0.3 is 0 Å². The SMILES string of the molecule is Cc1cccc(N=C2S[C@H](C)CN2C(=O)c2cccc(CS(C)(=O)=O)c2)c1. The van der Waals surface area contributed by atoms with Crippen molar-refractivity contribution in [3.05, 3.63) is 65.2 Å². The summed E-state index contributed by atoms with van der Waals surface area (Å²) in [7, 11) is -3.16. The van der Waals surface area contributed by atoms with Crippen molar-refractivity contribution in [3.63, 3.8) is 0 Å². The van der Waals surface area contributed by atoms with E-state index in [1.807, 2.05) is 31.2 Å². The maximum Gasteiger partial charge on any atom is 0.259 e.